The summed E-state index contributed by atoms with van der Waals surface area (Å²) in [6, 6.07) is 10.4. The van der Waals surface area contributed by atoms with E-state index in [0.29, 0.717) is 25.1 Å². The van der Waals surface area contributed by atoms with Crippen LogP contribution in [0.5, 0.6) is 5.75 Å². The number of hydrogen-bond acceptors (Lipinski definition) is 4. The van der Waals surface area contributed by atoms with Crippen LogP contribution in [-0.2, 0) is 14.8 Å². The van der Waals surface area contributed by atoms with Crippen LogP contribution < -0.4 is 14.4 Å². The van der Waals surface area contributed by atoms with Gasteiger partial charge in [0.1, 0.15) is 11.4 Å². The number of amides is 1. The fraction of sp³-hybridized carbons (Fsp3) is 0.435. The maximum atomic E-state index is 13.2. The average Bonchev–Trinajstić information content (AvgIpc) is 3.07. The lowest BCUT2D eigenvalue weighted by atomic mass is 9.89. The van der Waals surface area contributed by atoms with Gasteiger partial charge in [-0.1, -0.05) is 17.7 Å². The smallest absolute Gasteiger partial charge is 0.241 e. The zero-order valence-corrected chi connectivity index (χ0v) is 18.7. The summed E-state index contributed by atoms with van der Waals surface area (Å²) in [5, 5.41) is 0. The largest absolute Gasteiger partial charge is 0.487 e. The lowest BCUT2D eigenvalue weighted by molar-refractivity contribution is -0.117. The summed E-state index contributed by atoms with van der Waals surface area (Å²) in [5.74, 6) is 0.798. The number of hydrogen-bond donors (Lipinski definition) is 1. The number of fused-ring (bicyclic) bond motifs is 1. The minimum absolute atomic E-state index is 0.0863. The zero-order valence-electron chi connectivity index (χ0n) is 17.9. The molecule has 0 radical (unpaired) electrons. The van der Waals surface area contributed by atoms with Gasteiger partial charge in [0.05, 0.1) is 10.9 Å². The van der Waals surface area contributed by atoms with Gasteiger partial charge in [-0.25, -0.2) is 13.1 Å². The molecular weight excluding hydrogens is 400 g/mol. The molecule has 0 saturated carbocycles. The number of ether oxygens (including phenoxy) is 1. The number of anilines is 1. The van der Waals surface area contributed by atoms with Crippen molar-refractivity contribution in [2.45, 2.75) is 63.5 Å². The first-order valence-electron chi connectivity index (χ1n) is 10.3. The normalized spacial score (nSPS) is 20.7. The van der Waals surface area contributed by atoms with Crippen LogP contribution in [-0.4, -0.2) is 26.5 Å². The number of carbonyl (C=O) groups excluding carboxylic acids is 1. The number of aryl methyl sites for hydroxylation is 2. The van der Waals surface area contributed by atoms with Crippen LogP contribution in [0.2, 0.25) is 0 Å². The maximum absolute atomic E-state index is 13.2. The highest BCUT2D eigenvalue weighted by atomic mass is 32.2. The van der Waals surface area contributed by atoms with Crippen LogP contribution in [0.4, 0.5) is 5.69 Å². The third kappa shape index (κ3) is 3.96. The van der Waals surface area contributed by atoms with Gasteiger partial charge in [0, 0.05) is 30.6 Å². The predicted octanol–water partition coefficient (Wildman–Crippen LogP) is 4.01. The molecule has 0 aromatic heterocycles. The molecule has 1 fully saturated rings. The van der Waals surface area contributed by atoms with E-state index in [1.54, 1.807) is 23.1 Å². The van der Waals surface area contributed by atoms with E-state index in [4.69, 9.17) is 4.74 Å². The number of benzene rings is 2. The van der Waals surface area contributed by atoms with E-state index in [1.807, 2.05) is 45.9 Å². The van der Waals surface area contributed by atoms with E-state index in [9.17, 15) is 13.2 Å². The van der Waals surface area contributed by atoms with Gasteiger partial charge < -0.3 is 9.64 Å². The summed E-state index contributed by atoms with van der Waals surface area (Å²) in [6.07, 6.45) is 1.90. The minimum Gasteiger partial charge on any atom is -0.487 e. The summed E-state index contributed by atoms with van der Waals surface area (Å²) in [6.45, 7) is 8.42. The highest BCUT2D eigenvalue weighted by Crippen LogP contribution is 2.40. The van der Waals surface area contributed by atoms with Gasteiger partial charge in [-0.15, -0.1) is 0 Å². The standard InChI is InChI=1S/C23H28N2O4S/c1-15-7-10-21-18(12-15)19(14-23(3,4)29-21)24-30(27,28)17-8-9-20(16(2)13-17)25-11-5-6-22(25)26/h7-10,12-13,19,24H,5-6,11,14H2,1-4H3. The highest BCUT2D eigenvalue weighted by Gasteiger charge is 2.36. The molecule has 2 aromatic carbocycles. The van der Waals surface area contributed by atoms with E-state index in [1.165, 1.54) is 0 Å². The molecule has 2 aliphatic rings. The van der Waals surface area contributed by atoms with Gasteiger partial charge in [0.25, 0.3) is 0 Å². The molecule has 2 aromatic rings. The fourth-order valence-corrected chi connectivity index (χ4v) is 5.64. The van der Waals surface area contributed by atoms with Crippen molar-refractivity contribution < 1.29 is 17.9 Å². The minimum atomic E-state index is -3.75. The molecule has 1 amide bonds. The quantitative estimate of drug-likeness (QED) is 0.798. The number of rotatable bonds is 4. The third-order valence-electron chi connectivity index (χ3n) is 5.76. The van der Waals surface area contributed by atoms with E-state index in [0.717, 1.165) is 28.8 Å². The molecule has 2 aliphatic heterocycles. The summed E-state index contributed by atoms with van der Waals surface area (Å²) in [4.78, 5) is 14.0. The Morgan fingerprint density at radius 2 is 1.90 bits per heavy atom. The Morgan fingerprint density at radius 3 is 2.57 bits per heavy atom. The molecule has 160 valence electrons. The summed E-state index contributed by atoms with van der Waals surface area (Å²) >= 11 is 0. The van der Waals surface area contributed by atoms with Gasteiger partial charge in [-0.3, -0.25) is 4.79 Å². The van der Waals surface area contributed by atoms with Crippen molar-refractivity contribution in [2.75, 3.05) is 11.4 Å². The molecule has 1 atom stereocenters. The van der Waals surface area contributed by atoms with Gasteiger partial charge in [0.15, 0.2) is 0 Å². The van der Waals surface area contributed by atoms with E-state index >= 15 is 0 Å². The molecule has 1 saturated heterocycles. The Balaban J connectivity index is 1.64. The third-order valence-corrected chi connectivity index (χ3v) is 7.23. The van der Waals surface area contributed by atoms with Gasteiger partial charge in [0.2, 0.25) is 15.9 Å². The number of nitrogens with zero attached hydrogens (tertiary/aromatic N) is 1. The zero-order chi connectivity index (χ0) is 21.7. The summed E-state index contributed by atoms with van der Waals surface area (Å²) < 4.78 is 35.4. The molecule has 30 heavy (non-hydrogen) atoms. The van der Waals surface area contributed by atoms with E-state index < -0.39 is 15.6 Å². The first-order valence-corrected chi connectivity index (χ1v) is 11.8. The summed E-state index contributed by atoms with van der Waals surface area (Å²) in [7, 11) is -3.75. The molecule has 1 unspecified atom stereocenters. The van der Waals surface area contributed by atoms with Crippen molar-refractivity contribution >= 4 is 21.6 Å². The second-order valence-corrected chi connectivity index (χ2v) is 10.6. The predicted molar refractivity (Wildman–Crippen MR) is 116 cm³/mol. The van der Waals surface area contributed by atoms with Crippen LogP contribution in [0, 0.1) is 13.8 Å². The monoisotopic (exact) mass is 428 g/mol. The number of nitrogens with one attached hydrogen (secondary N) is 1. The van der Waals surface area contributed by atoms with Gasteiger partial charge in [-0.2, -0.15) is 0 Å². The summed E-state index contributed by atoms with van der Waals surface area (Å²) in [5.41, 5.74) is 2.98. The molecule has 2 heterocycles. The highest BCUT2D eigenvalue weighted by molar-refractivity contribution is 7.89. The number of sulfonamides is 1. The first-order chi connectivity index (χ1) is 14.1. The topological polar surface area (TPSA) is 75.7 Å². The Bertz CT molecular complexity index is 1110. The second-order valence-electron chi connectivity index (χ2n) is 8.88. The van der Waals surface area contributed by atoms with Crippen LogP contribution >= 0.6 is 0 Å². The van der Waals surface area contributed by atoms with Crippen molar-refractivity contribution in [3.05, 3.63) is 53.1 Å². The molecule has 6 nitrogen and oxygen atoms in total. The Labute approximate surface area is 178 Å². The second kappa shape index (κ2) is 7.39. The molecule has 0 spiro atoms. The van der Waals surface area contributed by atoms with Crippen molar-refractivity contribution in [1.29, 1.82) is 0 Å². The van der Waals surface area contributed by atoms with E-state index in [-0.39, 0.29) is 16.8 Å². The first kappa shape index (κ1) is 20.9. The number of carbonyl (C=O) groups is 1. The lowest BCUT2D eigenvalue weighted by Gasteiger charge is -2.38. The maximum Gasteiger partial charge on any atom is 0.241 e. The Morgan fingerprint density at radius 1 is 1.13 bits per heavy atom. The molecule has 4 rings (SSSR count). The van der Waals surface area contributed by atoms with E-state index in [2.05, 4.69) is 4.72 Å². The Hall–Kier alpha value is -2.38. The van der Waals surface area contributed by atoms with Crippen molar-refractivity contribution in [1.82, 2.24) is 4.72 Å². The molecule has 1 N–H and O–H groups in total. The fourth-order valence-electron chi connectivity index (χ4n) is 4.34. The molecule has 0 bridgehead atoms. The van der Waals surface area contributed by atoms with Crippen molar-refractivity contribution in [2.24, 2.45) is 0 Å². The Kier molecular flexibility index (Phi) is 5.14. The average molecular weight is 429 g/mol. The van der Waals surface area contributed by atoms with Crippen LogP contribution in [0.1, 0.15) is 55.8 Å². The molecule has 7 heteroatoms. The van der Waals surface area contributed by atoms with Gasteiger partial charge >= 0.3 is 0 Å². The van der Waals surface area contributed by atoms with Crippen LogP contribution in [0.25, 0.3) is 0 Å². The van der Waals surface area contributed by atoms with Crippen LogP contribution in [0.3, 0.4) is 0 Å². The molecular formula is C23H28N2O4S. The lowest BCUT2D eigenvalue weighted by Crippen LogP contribution is -2.41. The van der Waals surface area contributed by atoms with Gasteiger partial charge in [-0.05, 0) is 63.9 Å². The van der Waals surface area contributed by atoms with Crippen molar-refractivity contribution in [3.63, 3.8) is 0 Å². The SMILES string of the molecule is Cc1ccc2c(c1)C(NS(=O)(=O)c1ccc(N3CCCC3=O)c(C)c1)CC(C)(C)O2. The molecule has 0 aliphatic carbocycles. The van der Waals surface area contributed by atoms with Crippen molar-refractivity contribution in [3.8, 4) is 5.75 Å². The van der Waals surface area contributed by atoms with Crippen LogP contribution in [0.15, 0.2) is 41.3 Å².